The number of rotatable bonds is 29. The molecule has 130 heavy (non-hydrogen) atoms. The summed E-state index contributed by atoms with van der Waals surface area (Å²) in [5.41, 5.74) is 57.4. The number of aryl methyl sites for hydroxylation is 6. The van der Waals surface area contributed by atoms with Crippen LogP contribution in [0.4, 0.5) is 74.5 Å². The highest BCUT2D eigenvalue weighted by molar-refractivity contribution is 5.93. The predicted molar refractivity (Wildman–Crippen MR) is 560 cm³/mol. The van der Waals surface area contributed by atoms with Gasteiger partial charge in [-0.05, 0) is 141 Å². The van der Waals surface area contributed by atoms with E-state index in [4.69, 9.17) is 43.9 Å². The molecule has 0 aliphatic carbocycles. The van der Waals surface area contributed by atoms with Crippen LogP contribution in [0.15, 0.2) is 91.4 Å². The fraction of sp³-hybridized carbons (Fsp3) is 0.505. The van der Waals surface area contributed by atoms with E-state index >= 15 is 0 Å². The number of pyridine rings is 6. The standard InChI is InChI=1S/C18H31N4O.C15H27N6.C15H26N5.C15H25N4O.C14H22N6.C14H25N6.6CH3/c1-12(2)22(7,13(3)4)10-11-23-18-17(19)16-9-8-14(5)15(6)21(16)20-18;1-19(2)12-8-6-10-20-14(12)13(16)15(18-20)17-9-7-11-21(3,4)5;1-11-7-8-13-14(16)15(18-19(13)12(11)2)17-9-6-10-20(3,4)5;1-11-7-8-13-14(16)15(17-18(13)12(11)2)20-10-6-9-19(3,4)5;1-17(2)11-5-4-6-20-13(11)12(15)14(16-20)19-9-7-18(3)8-10-19;1-18(2)11-7-6-9-19-13(11)12(15)14(17-19)16-8-10-20(3,4)5;;;;;;/h8-9,12-13H,10-11,19H2,1-7H3;6,8,10H,7,9,11,16H2,1-5H3,(H,17,18);7-8H,6,9-10,16H2,1-5H3,(H,17,18);7-8H,6,9-10,16H2,1-5H3;4-6H,7-10,15H2,1-3H3;6-7,9H,8,10,15H2,1-5H3,(H,16,17);6*1H3/q4*+1;;+1;6*-1/p+1. The molecule has 0 unspecified atom stereocenters. The second kappa shape index (κ2) is 48.7. The van der Waals surface area contributed by atoms with Crippen LogP contribution in [-0.4, -0.2) is 325 Å². The third kappa shape index (κ3) is 29.7. The van der Waals surface area contributed by atoms with Crippen molar-refractivity contribution in [3.63, 3.8) is 0 Å². The molecule has 1 aliphatic heterocycles. The molecule has 0 aromatic carbocycles. The maximum Gasteiger partial charge on any atom is 0.257 e. The number of nitrogen functional groups attached to an aromatic ring is 6. The molecule has 0 saturated carbocycles. The minimum absolute atomic E-state index is 0. The Kier molecular flexibility index (Phi) is 43.1. The third-order valence-electron chi connectivity index (χ3n) is 23.4. The average molecular weight is 1810 g/mol. The number of ether oxygens (including phenoxy) is 2. The van der Waals surface area contributed by atoms with Crippen LogP contribution in [0.3, 0.4) is 0 Å². The Morgan fingerprint density at radius 1 is 0.385 bits per heavy atom. The zero-order valence-electron chi connectivity index (χ0n) is 87.0. The van der Waals surface area contributed by atoms with Crippen molar-refractivity contribution in [1.82, 2.24) is 57.7 Å². The van der Waals surface area contributed by atoms with E-state index in [0.29, 0.717) is 59.8 Å². The van der Waals surface area contributed by atoms with Gasteiger partial charge < -0.3 is 151 Å². The van der Waals surface area contributed by atoms with Gasteiger partial charge in [-0.15, -0.1) is 30.6 Å². The van der Waals surface area contributed by atoms with E-state index in [9.17, 15) is 0 Å². The van der Waals surface area contributed by atoms with Crippen LogP contribution in [0.1, 0.15) is 80.7 Å². The summed E-state index contributed by atoms with van der Waals surface area (Å²) in [5, 5.41) is 37.4. The first-order valence-electron chi connectivity index (χ1n) is 43.6. The molecule has 33 nitrogen and oxygen atoms in total. The Morgan fingerprint density at radius 3 is 1.07 bits per heavy atom. The lowest BCUT2D eigenvalue weighted by Gasteiger charge is -2.42. The van der Waals surface area contributed by atoms with Crippen molar-refractivity contribution in [2.75, 3.05) is 303 Å². The van der Waals surface area contributed by atoms with Gasteiger partial charge >= 0.3 is 0 Å². The van der Waals surface area contributed by atoms with Crippen molar-refractivity contribution < 1.29 is 36.8 Å². The summed E-state index contributed by atoms with van der Waals surface area (Å²) in [6.45, 7) is 34.8. The summed E-state index contributed by atoms with van der Waals surface area (Å²) in [6, 6.07) is 25.5. The van der Waals surface area contributed by atoms with Gasteiger partial charge in [0.2, 0.25) is 0 Å². The monoisotopic (exact) mass is 1810 g/mol. The molecule has 0 spiro atoms. The van der Waals surface area contributed by atoms with Gasteiger partial charge in [-0.3, -0.25) is 0 Å². The van der Waals surface area contributed by atoms with Gasteiger partial charge in [0.15, 0.2) is 23.3 Å². The van der Waals surface area contributed by atoms with Gasteiger partial charge in [0.1, 0.15) is 63.8 Å². The number of nitrogens with one attached hydrogen (secondary N) is 4. The van der Waals surface area contributed by atoms with Crippen molar-refractivity contribution in [3.8, 4) is 11.8 Å². The molecular formula is C97H175N31O2. The molecule has 1 aliphatic rings. The van der Waals surface area contributed by atoms with Gasteiger partial charge in [-0.1, -0.05) is 18.2 Å². The van der Waals surface area contributed by atoms with Crippen LogP contribution in [0.25, 0.3) is 33.1 Å². The second-order valence-corrected chi connectivity index (χ2v) is 38.7. The largest absolute Gasteiger partial charge is 0.475 e. The average Bonchev–Trinajstić information content (AvgIpc) is 1.62. The molecular weight excluding hydrogens is 1630 g/mol. The van der Waals surface area contributed by atoms with E-state index in [0.717, 1.165) is 222 Å². The quantitative estimate of drug-likeness (QED) is 0.0118. The number of fused-ring (bicyclic) bond motifs is 6. The first kappa shape index (κ1) is 115. The summed E-state index contributed by atoms with van der Waals surface area (Å²) in [5.74, 6) is 4.32. The molecule has 730 valence electrons. The fourth-order valence-electron chi connectivity index (χ4n) is 14.5. The zero-order chi connectivity index (χ0) is 92.0. The van der Waals surface area contributed by atoms with Crippen LogP contribution in [0, 0.1) is 86.1 Å². The lowest BCUT2D eigenvalue weighted by atomic mass is 10.1. The normalized spacial score (nSPS) is 12.3. The summed E-state index contributed by atoms with van der Waals surface area (Å²) in [4.78, 5) is 10.0. The molecule has 0 bridgehead atoms. The van der Waals surface area contributed by atoms with E-state index in [1.165, 1.54) is 16.7 Å². The van der Waals surface area contributed by atoms with Crippen molar-refractivity contribution >= 4 is 108 Å². The Bertz CT molecular complexity index is 5330. The smallest absolute Gasteiger partial charge is 0.257 e. The number of piperazine rings is 1. The third-order valence-corrected chi connectivity index (χ3v) is 23.4. The first-order chi connectivity index (χ1) is 57.9. The van der Waals surface area contributed by atoms with Gasteiger partial charge in [-0.2, -0.15) is 0 Å². The minimum atomic E-state index is 0. The van der Waals surface area contributed by atoms with Crippen LogP contribution in [0.2, 0.25) is 0 Å². The summed E-state index contributed by atoms with van der Waals surface area (Å²) in [7, 11) is 42.8. The molecule has 13 heterocycles. The maximum atomic E-state index is 6.38. The Labute approximate surface area is 782 Å². The van der Waals surface area contributed by atoms with Gasteiger partial charge in [0.05, 0.1) is 210 Å². The fourth-order valence-corrected chi connectivity index (χ4v) is 14.5. The highest BCUT2D eigenvalue weighted by Gasteiger charge is 2.31. The number of aromatic nitrogens is 12. The number of nitrogens with two attached hydrogens (primary N) is 6. The molecule has 1 fully saturated rings. The van der Waals surface area contributed by atoms with Crippen LogP contribution in [0.5, 0.6) is 11.8 Å². The number of quaternary nitrogens is 6. The number of hydrogen-bond donors (Lipinski definition) is 10. The number of anilines is 13. The van der Waals surface area contributed by atoms with Gasteiger partial charge in [0.25, 0.3) is 11.8 Å². The van der Waals surface area contributed by atoms with E-state index in [-0.39, 0.29) is 44.6 Å². The lowest BCUT2D eigenvalue weighted by molar-refractivity contribution is -0.949. The second-order valence-electron chi connectivity index (χ2n) is 38.7. The predicted octanol–water partition coefficient (Wildman–Crippen LogP) is 11.8. The van der Waals surface area contributed by atoms with E-state index in [1.54, 1.807) is 4.90 Å². The Hall–Kier alpha value is -11.1. The van der Waals surface area contributed by atoms with Crippen molar-refractivity contribution in [2.24, 2.45) is 0 Å². The van der Waals surface area contributed by atoms with E-state index in [2.05, 4.69) is 235 Å². The van der Waals surface area contributed by atoms with Crippen LogP contribution in [-0.2, 0) is 0 Å². The lowest BCUT2D eigenvalue weighted by Crippen LogP contribution is -3.12. The maximum absolute atomic E-state index is 6.38. The molecule has 12 aromatic rings. The van der Waals surface area contributed by atoms with Crippen LogP contribution < -0.4 is 84.3 Å². The molecule has 1 saturated heterocycles. The topological polar surface area (TPSA) is 332 Å². The van der Waals surface area contributed by atoms with Crippen molar-refractivity contribution in [2.45, 2.75) is 101 Å². The molecule has 33 heteroatoms. The van der Waals surface area contributed by atoms with Gasteiger partial charge in [0, 0.05) is 110 Å². The van der Waals surface area contributed by atoms with Crippen molar-refractivity contribution in [3.05, 3.63) is 170 Å². The Balaban J connectivity index is 0.000000524. The first-order valence-corrected chi connectivity index (χ1v) is 43.6. The van der Waals surface area contributed by atoms with Crippen LogP contribution >= 0.6 is 0 Å². The van der Waals surface area contributed by atoms with E-state index in [1.807, 2.05) is 160 Å². The molecule has 0 amide bonds. The minimum Gasteiger partial charge on any atom is -0.475 e. The number of likely N-dealkylation sites (N-methyl/N-ethyl adjacent to an activating group) is 3. The summed E-state index contributed by atoms with van der Waals surface area (Å²) in [6.07, 6.45) is 8.96. The highest BCUT2D eigenvalue weighted by Crippen LogP contribution is 2.36. The van der Waals surface area contributed by atoms with Gasteiger partial charge in [-0.25, -0.2) is 27.1 Å². The molecule has 13 rings (SSSR count). The Morgan fingerprint density at radius 2 is 0.708 bits per heavy atom. The summed E-state index contributed by atoms with van der Waals surface area (Å²) < 4.78 is 27.7. The molecule has 16 N–H and O–H groups in total. The van der Waals surface area contributed by atoms with Crippen molar-refractivity contribution in [1.29, 1.82) is 0 Å². The summed E-state index contributed by atoms with van der Waals surface area (Å²) >= 11 is 0. The number of nitrogens with zero attached hydrogens (tertiary/aromatic N) is 21. The molecule has 12 aromatic heterocycles. The number of hydrogen-bond acceptors (Lipinski definition) is 21. The molecule has 0 radical (unpaired) electrons. The molecule has 0 atom stereocenters. The highest BCUT2D eigenvalue weighted by atomic mass is 16.5. The van der Waals surface area contributed by atoms with E-state index < -0.39 is 0 Å². The zero-order valence-corrected chi connectivity index (χ0v) is 87.0. The SMILES string of the molecule is CN(C)c1cccn2nc(N3CC[NH+](C)CC3)c(N)c12.CN(C)c1cccn2nc(NCCC[N+](C)(C)C)c(N)c12.CN(C)c1cccn2nc(NCC[N+](C)(C)C)c(N)c12.Cc1ccc2c(N)c(NCCC[N+](C)(C)C)nn2c1C.Cc1ccc2c(N)c(OCCC[N+](C)(C)C)nn2c1C.Cc1ccc2c(N)c(OCC[N+](C)(C(C)C)C(C)C)nn2c1C.[CH3-].[CH3-].[CH3-].[CH3-].[CH3-].[CH3-].